The number of amides is 1. The third-order valence-electron chi connectivity index (χ3n) is 3.84. The van der Waals surface area contributed by atoms with Gasteiger partial charge in [-0.1, -0.05) is 6.07 Å². The Kier molecular flexibility index (Phi) is 6.60. The molecule has 0 saturated carbocycles. The van der Waals surface area contributed by atoms with E-state index in [9.17, 15) is 28.1 Å². The number of nitrogens with zero attached hydrogens (tertiary/aromatic N) is 3. The van der Waals surface area contributed by atoms with E-state index in [0.717, 1.165) is 23.5 Å². The minimum absolute atomic E-state index is 0.0562. The first-order valence-electron chi connectivity index (χ1n) is 8.66. The number of nitrogens with one attached hydrogen (secondary N) is 2. The summed E-state index contributed by atoms with van der Waals surface area (Å²) >= 11 is 1.15. The lowest BCUT2D eigenvalue weighted by atomic mass is 10.2. The summed E-state index contributed by atoms with van der Waals surface area (Å²) in [5.74, 6) is -0.450. The van der Waals surface area contributed by atoms with Crippen LogP contribution in [-0.4, -0.2) is 22.0 Å². The SMILES string of the molecule is O=C(Cc1csc(Nc2cccc(C(F)(F)F)c2)n1)N/N=C\c1ccc([N+](=O)[O-])cc1. The summed E-state index contributed by atoms with van der Waals surface area (Å²) in [6.45, 7) is 0. The smallest absolute Gasteiger partial charge is 0.332 e. The molecule has 12 heteroatoms. The predicted octanol–water partition coefficient (Wildman–Crippen LogP) is 4.51. The molecule has 0 radical (unpaired) electrons. The zero-order valence-corrected chi connectivity index (χ0v) is 16.4. The minimum atomic E-state index is -4.45. The van der Waals surface area contributed by atoms with Gasteiger partial charge in [0.2, 0.25) is 5.91 Å². The van der Waals surface area contributed by atoms with Crippen LogP contribution in [0.5, 0.6) is 0 Å². The molecule has 1 amide bonds. The topological polar surface area (TPSA) is 110 Å². The first kappa shape index (κ1) is 21.9. The van der Waals surface area contributed by atoms with Gasteiger partial charge in [0.05, 0.1) is 28.8 Å². The Morgan fingerprint density at radius 3 is 2.65 bits per heavy atom. The third-order valence-corrected chi connectivity index (χ3v) is 4.65. The Morgan fingerprint density at radius 1 is 1.23 bits per heavy atom. The van der Waals surface area contributed by atoms with Gasteiger partial charge in [0.25, 0.3) is 5.69 Å². The van der Waals surface area contributed by atoms with Crippen molar-refractivity contribution in [1.82, 2.24) is 10.4 Å². The number of hydrogen-bond acceptors (Lipinski definition) is 7. The summed E-state index contributed by atoms with van der Waals surface area (Å²) in [5.41, 5.74) is 2.69. The number of carbonyl (C=O) groups is 1. The Morgan fingerprint density at radius 2 is 1.97 bits per heavy atom. The number of nitro groups is 1. The summed E-state index contributed by atoms with van der Waals surface area (Å²) in [4.78, 5) is 26.2. The van der Waals surface area contributed by atoms with Crippen molar-refractivity contribution in [3.05, 3.63) is 80.8 Å². The second-order valence-corrected chi connectivity index (χ2v) is 7.02. The maximum Gasteiger partial charge on any atom is 0.416 e. The summed E-state index contributed by atoms with van der Waals surface area (Å²) in [6, 6.07) is 10.3. The van der Waals surface area contributed by atoms with E-state index >= 15 is 0 Å². The van der Waals surface area contributed by atoms with Crippen molar-refractivity contribution < 1.29 is 22.9 Å². The van der Waals surface area contributed by atoms with Crippen molar-refractivity contribution >= 4 is 40.0 Å². The van der Waals surface area contributed by atoms with E-state index in [0.29, 0.717) is 16.4 Å². The Labute approximate surface area is 177 Å². The lowest BCUT2D eigenvalue weighted by Crippen LogP contribution is -2.19. The van der Waals surface area contributed by atoms with Crippen LogP contribution in [0.4, 0.5) is 29.7 Å². The number of non-ortho nitro benzene ring substituents is 1. The summed E-state index contributed by atoms with van der Waals surface area (Å²) in [7, 11) is 0. The molecule has 160 valence electrons. The summed E-state index contributed by atoms with van der Waals surface area (Å²) in [5, 5.41) is 19.1. The first-order valence-corrected chi connectivity index (χ1v) is 9.54. The molecule has 1 aromatic heterocycles. The van der Waals surface area contributed by atoms with Gasteiger partial charge >= 0.3 is 6.18 Å². The highest BCUT2D eigenvalue weighted by atomic mass is 32.1. The fourth-order valence-corrected chi connectivity index (χ4v) is 3.14. The molecule has 0 fully saturated rings. The number of aromatic nitrogens is 1. The fraction of sp³-hybridized carbons (Fsp3) is 0.105. The van der Waals surface area contributed by atoms with Crippen LogP contribution in [-0.2, 0) is 17.4 Å². The molecule has 1 heterocycles. The van der Waals surface area contributed by atoms with Crippen LogP contribution in [0.25, 0.3) is 0 Å². The quantitative estimate of drug-likeness (QED) is 0.313. The number of thiazole rings is 1. The number of carbonyl (C=O) groups excluding carboxylic acids is 1. The van der Waals surface area contributed by atoms with Crippen LogP contribution in [0.15, 0.2) is 59.0 Å². The zero-order chi connectivity index (χ0) is 22.4. The van der Waals surface area contributed by atoms with Crippen molar-refractivity contribution in [2.45, 2.75) is 12.6 Å². The summed E-state index contributed by atoms with van der Waals surface area (Å²) < 4.78 is 38.4. The normalized spacial score (nSPS) is 11.5. The molecule has 0 atom stereocenters. The average Bonchev–Trinajstić information content (AvgIpc) is 3.14. The Bertz CT molecular complexity index is 1110. The van der Waals surface area contributed by atoms with E-state index in [4.69, 9.17) is 0 Å². The van der Waals surface area contributed by atoms with Gasteiger partial charge < -0.3 is 5.32 Å². The molecule has 2 N–H and O–H groups in total. The molecular weight excluding hydrogens is 435 g/mol. The second kappa shape index (κ2) is 9.34. The van der Waals surface area contributed by atoms with Crippen LogP contribution in [0.1, 0.15) is 16.8 Å². The standard InChI is InChI=1S/C19H14F3N5O3S/c20-19(21,22)13-2-1-3-14(8-13)24-18-25-15(11-31-18)9-17(28)26-23-10-12-4-6-16(7-5-12)27(29)30/h1-8,10-11H,9H2,(H,24,25)(H,26,28)/b23-10-. The van der Waals surface area contributed by atoms with Crippen LogP contribution < -0.4 is 10.7 Å². The maximum absolute atomic E-state index is 12.8. The van der Waals surface area contributed by atoms with E-state index in [2.05, 4.69) is 20.8 Å². The molecule has 3 aromatic rings. The van der Waals surface area contributed by atoms with Gasteiger partial charge in [0, 0.05) is 23.2 Å². The molecule has 0 saturated heterocycles. The third kappa shape index (κ3) is 6.34. The number of alkyl halides is 3. The highest BCUT2D eigenvalue weighted by molar-refractivity contribution is 7.13. The van der Waals surface area contributed by atoms with Crippen LogP contribution in [0, 0.1) is 10.1 Å². The van der Waals surface area contributed by atoms with Gasteiger partial charge in [-0.3, -0.25) is 14.9 Å². The molecule has 0 bridgehead atoms. The number of hydrazone groups is 1. The number of nitro benzene ring substituents is 1. The van der Waals surface area contributed by atoms with Crippen molar-refractivity contribution in [3.8, 4) is 0 Å². The zero-order valence-electron chi connectivity index (χ0n) is 15.6. The monoisotopic (exact) mass is 449 g/mol. The largest absolute Gasteiger partial charge is 0.416 e. The summed E-state index contributed by atoms with van der Waals surface area (Å²) in [6.07, 6.45) is -3.19. The number of hydrogen-bond donors (Lipinski definition) is 2. The highest BCUT2D eigenvalue weighted by Gasteiger charge is 2.30. The molecule has 0 aliphatic rings. The van der Waals surface area contributed by atoms with Crippen molar-refractivity contribution in [3.63, 3.8) is 0 Å². The number of rotatable bonds is 7. The van der Waals surface area contributed by atoms with Crippen molar-refractivity contribution in [2.24, 2.45) is 5.10 Å². The van der Waals surface area contributed by atoms with Crippen LogP contribution >= 0.6 is 11.3 Å². The van der Waals surface area contributed by atoms with Gasteiger partial charge in [0.15, 0.2) is 5.13 Å². The van der Waals surface area contributed by atoms with Crippen LogP contribution in [0.2, 0.25) is 0 Å². The molecular formula is C19H14F3N5O3S. The van der Waals surface area contributed by atoms with E-state index in [1.807, 2.05) is 0 Å². The molecule has 2 aromatic carbocycles. The Hall–Kier alpha value is -3.80. The molecule has 0 spiro atoms. The number of halogens is 3. The van der Waals surface area contributed by atoms with Gasteiger partial charge in [-0.25, -0.2) is 10.4 Å². The molecule has 0 aliphatic heterocycles. The highest BCUT2D eigenvalue weighted by Crippen LogP contribution is 2.31. The van der Waals surface area contributed by atoms with Crippen molar-refractivity contribution in [1.29, 1.82) is 0 Å². The number of benzene rings is 2. The van der Waals surface area contributed by atoms with E-state index in [-0.39, 0.29) is 17.8 Å². The van der Waals surface area contributed by atoms with Gasteiger partial charge in [0.1, 0.15) is 0 Å². The number of anilines is 2. The lowest BCUT2D eigenvalue weighted by molar-refractivity contribution is -0.384. The predicted molar refractivity (Wildman–Crippen MR) is 109 cm³/mol. The van der Waals surface area contributed by atoms with E-state index < -0.39 is 22.6 Å². The lowest BCUT2D eigenvalue weighted by Gasteiger charge is -2.08. The van der Waals surface area contributed by atoms with Gasteiger partial charge in [-0.05, 0) is 35.9 Å². The second-order valence-electron chi connectivity index (χ2n) is 6.17. The Balaban J connectivity index is 1.53. The average molecular weight is 449 g/mol. The molecule has 3 rings (SSSR count). The fourth-order valence-electron chi connectivity index (χ4n) is 2.41. The van der Waals surface area contributed by atoms with Crippen molar-refractivity contribution in [2.75, 3.05) is 5.32 Å². The van der Waals surface area contributed by atoms with Gasteiger partial charge in [-0.2, -0.15) is 18.3 Å². The molecule has 0 unspecified atom stereocenters. The van der Waals surface area contributed by atoms with Gasteiger partial charge in [-0.15, -0.1) is 11.3 Å². The van der Waals surface area contributed by atoms with E-state index in [1.165, 1.54) is 42.6 Å². The minimum Gasteiger partial charge on any atom is -0.332 e. The first-order chi connectivity index (χ1) is 14.7. The maximum atomic E-state index is 12.8. The molecule has 0 aliphatic carbocycles. The van der Waals surface area contributed by atoms with E-state index in [1.54, 1.807) is 5.38 Å². The van der Waals surface area contributed by atoms with Crippen LogP contribution in [0.3, 0.4) is 0 Å². The molecule has 31 heavy (non-hydrogen) atoms. The molecule has 8 nitrogen and oxygen atoms in total.